The Kier molecular flexibility index (Phi) is 6.24. The molecule has 5 rings (SSSR count). The number of nitrogens with zero attached hydrogens (tertiary/aromatic N) is 2. The first-order valence-electron chi connectivity index (χ1n) is 11.1. The van der Waals surface area contributed by atoms with E-state index in [-0.39, 0.29) is 11.5 Å². The molecule has 1 atom stereocenters. The summed E-state index contributed by atoms with van der Waals surface area (Å²) in [7, 11) is 0. The molecule has 3 aromatic carbocycles. The van der Waals surface area contributed by atoms with E-state index in [1.54, 1.807) is 25.1 Å². The van der Waals surface area contributed by atoms with E-state index >= 15 is 0 Å². The lowest BCUT2D eigenvalue weighted by Crippen LogP contribution is -2.31. The van der Waals surface area contributed by atoms with Gasteiger partial charge in [-0.05, 0) is 48.2 Å². The highest BCUT2D eigenvalue weighted by molar-refractivity contribution is 7.17. The molecule has 1 amide bonds. The van der Waals surface area contributed by atoms with Gasteiger partial charge in [0.2, 0.25) is 5.91 Å². The van der Waals surface area contributed by atoms with Crippen molar-refractivity contribution < 1.29 is 4.79 Å². The molecule has 0 bridgehead atoms. The zero-order chi connectivity index (χ0) is 24.5. The van der Waals surface area contributed by atoms with Crippen LogP contribution in [0.1, 0.15) is 18.5 Å². The van der Waals surface area contributed by atoms with Crippen molar-refractivity contribution in [2.45, 2.75) is 19.9 Å². The largest absolute Gasteiger partial charge is 0.324 e. The van der Waals surface area contributed by atoms with Gasteiger partial charge in [0.05, 0.1) is 11.7 Å². The minimum absolute atomic E-state index is 0.246. The molecule has 0 radical (unpaired) electrons. The number of carbonyl (C=O) groups excluding carboxylic acids is 1. The molecule has 5 nitrogen and oxygen atoms in total. The molecule has 0 fully saturated rings. The Balaban J connectivity index is 1.48. The van der Waals surface area contributed by atoms with Crippen molar-refractivity contribution in [1.82, 2.24) is 9.55 Å². The van der Waals surface area contributed by atoms with Gasteiger partial charge >= 0.3 is 0 Å². The summed E-state index contributed by atoms with van der Waals surface area (Å²) < 4.78 is 1.38. The molecule has 2 heterocycles. The van der Waals surface area contributed by atoms with Crippen LogP contribution in [0.15, 0.2) is 89.3 Å². The van der Waals surface area contributed by atoms with Crippen LogP contribution in [-0.4, -0.2) is 15.5 Å². The van der Waals surface area contributed by atoms with Gasteiger partial charge < -0.3 is 5.32 Å². The Morgan fingerprint density at radius 2 is 1.66 bits per heavy atom. The van der Waals surface area contributed by atoms with Gasteiger partial charge in [0.15, 0.2) is 0 Å². The molecule has 2 aromatic heterocycles. The van der Waals surface area contributed by atoms with Crippen LogP contribution in [0.2, 0.25) is 5.02 Å². The van der Waals surface area contributed by atoms with Crippen LogP contribution >= 0.6 is 22.9 Å². The van der Waals surface area contributed by atoms with Crippen molar-refractivity contribution in [3.63, 3.8) is 0 Å². The quantitative estimate of drug-likeness (QED) is 0.284. The number of fused-ring (bicyclic) bond motifs is 1. The predicted octanol–water partition coefficient (Wildman–Crippen LogP) is 6.95. The number of carbonyl (C=O) groups is 1. The van der Waals surface area contributed by atoms with Gasteiger partial charge in [-0.15, -0.1) is 11.3 Å². The maximum absolute atomic E-state index is 13.5. The zero-order valence-corrected chi connectivity index (χ0v) is 20.7. The summed E-state index contributed by atoms with van der Waals surface area (Å²) in [6.07, 6.45) is 1.44. The first-order chi connectivity index (χ1) is 16.9. The van der Waals surface area contributed by atoms with Gasteiger partial charge in [-0.2, -0.15) is 0 Å². The van der Waals surface area contributed by atoms with Crippen LogP contribution in [-0.2, 0) is 4.79 Å². The molecule has 7 heteroatoms. The highest BCUT2D eigenvalue weighted by Crippen LogP contribution is 2.32. The number of halogens is 1. The first kappa shape index (κ1) is 23.0. The third-order valence-corrected chi connectivity index (χ3v) is 7.44. The first-order valence-corrected chi connectivity index (χ1v) is 12.4. The standard InChI is InChI=1S/C28H22ClN3O2S/c1-17-23(29)9-6-10-24(17)31-26(33)18(2)32-16-30-27-25(28(32)34)22(15-35-27)21-13-11-20(12-14-21)19-7-4-3-5-8-19/h3-16,18H,1-2H3,(H,31,33). The van der Waals surface area contributed by atoms with E-state index in [2.05, 4.69) is 22.4 Å². The number of anilines is 1. The highest BCUT2D eigenvalue weighted by atomic mass is 35.5. The molecule has 0 aliphatic carbocycles. The molecule has 0 spiro atoms. The van der Waals surface area contributed by atoms with Gasteiger partial charge in [-0.1, -0.05) is 72.3 Å². The summed E-state index contributed by atoms with van der Waals surface area (Å²) >= 11 is 7.60. The van der Waals surface area contributed by atoms with Crippen LogP contribution in [0.25, 0.3) is 32.5 Å². The van der Waals surface area contributed by atoms with Crippen molar-refractivity contribution in [2.75, 3.05) is 5.32 Å². The number of hydrogen-bond donors (Lipinski definition) is 1. The van der Waals surface area contributed by atoms with Crippen molar-refractivity contribution in [2.24, 2.45) is 0 Å². The molecule has 0 saturated carbocycles. The van der Waals surface area contributed by atoms with Crippen LogP contribution in [0, 0.1) is 6.92 Å². The van der Waals surface area contributed by atoms with E-state index in [0.717, 1.165) is 27.8 Å². The van der Waals surface area contributed by atoms with Crippen LogP contribution < -0.4 is 10.9 Å². The van der Waals surface area contributed by atoms with Gasteiger partial charge in [-0.25, -0.2) is 4.98 Å². The Labute approximate surface area is 211 Å². The molecule has 35 heavy (non-hydrogen) atoms. The lowest BCUT2D eigenvalue weighted by atomic mass is 10.0. The second-order valence-electron chi connectivity index (χ2n) is 8.31. The van der Waals surface area contributed by atoms with Crippen LogP contribution in [0.5, 0.6) is 0 Å². The number of hydrogen-bond acceptors (Lipinski definition) is 4. The summed E-state index contributed by atoms with van der Waals surface area (Å²) in [6, 6.07) is 22.8. The van der Waals surface area contributed by atoms with Gasteiger partial charge in [0, 0.05) is 21.7 Å². The second kappa shape index (κ2) is 9.49. The number of amides is 1. The van der Waals surface area contributed by atoms with Crippen molar-refractivity contribution in [1.29, 1.82) is 0 Å². The Morgan fingerprint density at radius 3 is 2.40 bits per heavy atom. The van der Waals surface area contributed by atoms with Crippen LogP contribution in [0.3, 0.4) is 0 Å². The molecule has 0 aliphatic heterocycles. The number of thiophene rings is 1. The lowest BCUT2D eigenvalue weighted by Gasteiger charge is -2.16. The molecule has 174 valence electrons. The smallest absolute Gasteiger partial charge is 0.263 e. The van der Waals surface area contributed by atoms with E-state index < -0.39 is 6.04 Å². The Hall–Kier alpha value is -3.74. The minimum Gasteiger partial charge on any atom is -0.324 e. The van der Waals surface area contributed by atoms with Crippen molar-refractivity contribution in [3.05, 3.63) is 105 Å². The highest BCUT2D eigenvalue weighted by Gasteiger charge is 2.21. The molecule has 5 aromatic rings. The molecule has 0 aliphatic rings. The topological polar surface area (TPSA) is 64.0 Å². The van der Waals surface area contributed by atoms with Gasteiger partial charge in [-0.3, -0.25) is 14.2 Å². The van der Waals surface area contributed by atoms with Gasteiger partial charge in [0.25, 0.3) is 5.56 Å². The summed E-state index contributed by atoms with van der Waals surface area (Å²) in [4.78, 5) is 31.6. The normalized spacial score (nSPS) is 12.0. The Morgan fingerprint density at radius 1 is 0.971 bits per heavy atom. The number of benzene rings is 3. The maximum Gasteiger partial charge on any atom is 0.263 e. The monoisotopic (exact) mass is 499 g/mol. The molecular formula is C28H22ClN3O2S. The molecule has 1 unspecified atom stereocenters. The fourth-order valence-electron chi connectivity index (χ4n) is 4.01. The summed E-state index contributed by atoms with van der Waals surface area (Å²) in [6.45, 7) is 3.52. The lowest BCUT2D eigenvalue weighted by molar-refractivity contribution is -0.118. The second-order valence-corrected chi connectivity index (χ2v) is 9.57. The predicted molar refractivity (Wildman–Crippen MR) is 144 cm³/mol. The maximum atomic E-state index is 13.5. The fraction of sp³-hybridized carbons (Fsp3) is 0.107. The third-order valence-electron chi connectivity index (χ3n) is 6.14. The van der Waals surface area contributed by atoms with E-state index in [4.69, 9.17) is 11.6 Å². The average molecular weight is 500 g/mol. The summed E-state index contributed by atoms with van der Waals surface area (Å²) in [5, 5.41) is 5.91. The molecule has 0 saturated heterocycles. The Bertz CT molecular complexity index is 1590. The van der Waals surface area contributed by atoms with Crippen molar-refractivity contribution >= 4 is 44.7 Å². The van der Waals surface area contributed by atoms with E-state index in [1.165, 1.54) is 22.2 Å². The number of aromatic nitrogens is 2. The summed E-state index contributed by atoms with van der Waals surface area (Å²) in [5.41, 5.74) is 5.12. The fourth-order valence-corrected chi connectivity index (χ4v) is 5.09. The average Bonchev–Trinajstić information content (AvgIpc) is 3.32. The zero-order valence-electron chi connectivity index (χ0n) is 19.2. The molecule has 1 N–H and O–H groups in total. The summed E-state index contributed by atoms with van der Waals surface area (Å²) in [5.74, 6) is -0.317. The number of rotatable bonds is 5. The third kappa shape index (κ3) is 4.38. The van der Waals surface area contributed by atoms with Crippen molar-refractivity contribution in [3.8, 4) is 22.3 Å². The molecular weight excluding hydrogens is 478 g/mol. The number of nitrogens with one attached hydrogen (secondary N) is 1. The minimum atomic E-state index is -0.758. The van der Waals surface area contributed by atoms with E-state index in [0.29, 0.717) is 20.9 Å². The van der Waals surface area contributed by atoms with Crippen LogP contribution in [0.4, 0.5) is 5.69 Å². The van der Waals surface area contributed by atoms with E-state index in [1.807, 2.05) is 54.8 Å². The van der Waals surface area contributed by atoms with E-state index in [9.17, 15) is 9.59 Å². The van der Waals surface area contributed by atoms with Gasteiger partial charge in [0.1, 0.15) is 10.9 Å². The SMILES string of the molecule is Cc1c(Cl)cccc1NC(=O)C(C)n1cnc2scc(-c3ccc(-c4ccccc4)cc3)c2c1=O.